The normalized spacial score (nSPS) is 14.4. The molecule has 1 N–H and O–H groups in total. The van der Waals surface area contributed by atoms with Gasteiger partial charge in [0.25, 0.3) is 0 Å². The molecule has 1 aliphatic heterocycles. The zero-order valence-corrected chi connectivity index (χ0v) is 20.7. The molecule has 6 rings (SSSR count). The van der Waals surface area contributed by atoms with E-state index in [-0.39, 0.29) is 12.1 Å². The average Bonchev–Trinajstić information content (AvgIpc) is 3.50. The molecule has 0 fully saturated rings. The zero-order valence-electron chi connectivity index (χ0n) is 20.7. The van der Waals surface area contributed by atoms with Crippen molar-refractivity contribution in [1.82, 2.24) is 19.2 Å². The van der Waals surface area contributed by atoms with Gasteiger partial charge in [0, 0.05) is 17.4 Å². The monoisotopic (exact) mass is 489 g/mol. The average molecular weight is 490 g/mol. The first-order valence-corrected chi connectivity index (χ1v) is 12.2. The molecule has 5 aromatic rings. The second kappa shape index (κ2) is 9.35. The minimum atomic E-state index is -0.357. The minimum absolute atomic E-state index is 0.188. The first-order valence-electron chi connectivity index (χ1n) is 12.2. The number of carbonyl (C=O) groups is 1. The Morgan fingerprint density at radius 2 is 1.70 bits per heavy atom. The Hall–Kier alpha value is -4.78. The summed E-state index contributed by atoms with van der Waals surface area (Å²) in [5, 5.41) is 8.00. The lowest BCUT2D eigenvalue weighted by atomic mass is 10.0. The number of anilines is 1. The number of aromatic nitrogens is 3. The number of para-hydroxylation sites is 2. The molecule has 3 aromatic carbocycles. The molecule has 2 amide bonds. The van der Waals surface area contributed by atoms with E-state index in [0.29, 0.717) is 6.54 Å². The van der Waals surface area contributed by atoms with Crippen molar-refractivity contribution >= 4 is 11.7 Å². The molecule has 0 aliphatic carbocycles. The maximum atomic E-state index is 13.9. The van der Waals surface area contributed by atoms with Crippen molar-refractivity contribution in [1.29, 1.82) is 0 Å². The summed E-state index contributed by atoms with van der Waals surface area (Å²) in [6.45, 7) is 2.39. The van der Waals surface area contributed by atoms with Crippen LogP contribution in [0.15, 0.2) is 103 Å². The number of fused-ring (bicyclic) bond motifs is 3. The van der Waals surface area contributed by atoms with Crippen LogP contribution in [0.2, 0.25) is 0 Å². The van der Waals surface area contributed by atoms with Gasteiger partial charge in [0.15, 0.2) is 0 Å². The predicted molar refractivity (Wildman–Crippen MR) is 143 cm³/mol. The Morgan fingerprint density at radius 1 is 0.946 bits per heavy atom. The van der Waals surface area contributed by atoms with E-state index in [2.05, 4.69) is 16.0 Å². The summed E-state index contributed by atoms with van der Waals surface area (Å²) >= 11 is 0. The number of urea groups is 1. The molecule has 1 atom stereocenters. The Bertz CT molecular complexity index is 1560. The van der Waals surface area contributed by atoms with Crippen LogP contribution in [0.25, 0.3) is 11.5 Å². The van der Waals surface area contributed by atoms with Crippen molar-refractivity contribution in [3.63, 3.8) is 0 Å². The molecule has 2 aromatic heterocycles. The first-order chi connectivity index (χ1) is 18.1. The largest absolute Gasteiger partial charge is 0.497 e. The van der Waals surface area contributed by atoms with Gasteiger partial charge in [0.05, 0.1) is 36.8 Å². The highest BCUT2D eigenvalue weighted by atomic mass is 16.5. The summed E-state index contributed by atoms with van der Waals surface area (Å²) in [4.78, 5) is 15.8. The van der Waals surface area contributed by atoms with Gasteiger partial charge in [-0.15, -0.1) is 0 Å². The van der Waals surface area contributed by atoms with Crippen molar-refractivity contribution in [2.24, 2.45) is 0 Å². The highest BCUT2D eigenvalue weighted by molar-refractivity contribution is 5.90. The molecular weight excluding hydrogens is 462 g/mol. The predicted octanol–water partition coefficient (Wildman–Crippen LogP) is 6.12. The summed E-state index contributed by atoms with van der Waals surface area (Å²) in [6, 6.07) is 31.1. The van der Waals surface area contributed by atoms with Crippen LogP contribution in [0, 0.1) is 6.92 Å². The van der Waals surface area contributed by atoms with Gasteiger partial charge in [0.1, 0.15) is 11.6 Å². The number of hydrogen-bond donors (Lipinski definition) is 1. The van der Waals surface area contributed by atoms with Crippen LogP contribution in [-0.4, -0.2) is 32.4 Å². The molecule has 0 saturated heterocycles. The van der Waals surface area contributed by atoms with Gasteiger partial charge in [-0.25, -0.2) is 9.48 Å². The lowest BCUT2D eigenvalue weighted by Crippen LogP contribution is -2.38. The van der Waals surface area contributed by atoms with Crippen LogP contribution in [0.4, 0.5) is 10.5 Å². The molecule has 7 nitrogen and oxygen atoms in total. The van der Waals surface area contributed by atoms with Gasteiger partial charge in [0.2, 0.25) is 0 Å². The second-order valence-corrected chi connectivity index (χ2v) is 9.04. The standard InChI is InChI=1S/C30H27N5O2/c1-21-26-20-34(30(36)31-23-12-5-3-6-13-23)28(22-11-9-16-25(19-22)37-2)27-17-10-18-33(27)29(26)35(32-21)24-14-7-4-8-15-24/h3-19,28H,20H2,1-2H3,(H,31,36)/t28-/m1/s1. The third kappa shape index (κ3) is 4.04. The molecule has 1 aliphatic rings. The summed E-state index contributed by atoms with van der Waals surface area (Å²) in [7, 11) is 1.66. The van der Waals surface area contributed by atoms with Crippen molar-refractivity contribution in [3.8, 4) is 17.3 Å². The number of benzene rings is 3. The lowest BCUT2D eigenvalue weighted by molar-refractivity contribution is 0.194. The second-order valence-electron chi connectivity index (χ2n) is 9.04. The van der Waals surface area contributed by atoms with E-state index >= 15 is 0 Å². The minimum Gasteiger partial charge on any atom is -0.497 e. The fourth-order valence-corrected chi connectivity index (χ4v) is 5.03. The van der Waals surface area contributed by atoms with E-state index in [1.54, 1.807) is 7.11 Å². The van der Waals surface area contributed by atoms with Gasteiger partial charge in [-0.05, 0) is 61.0 Å². The number of nitrogens with one attached hydrogen (secondary N) is 1. The fraction of sp³-hybridized carbons (Fsp3) is 0.133. The van der Waals surface area contributed by atoms with Crippen LogP contribution >= 0.6 is 0 Å². The zero-order chi connectivity index (χ0) is 25.4. The number of ether oxygens (including phenoxy) is 1. The van der Waals surface area contributed by atoms with E-state index in [9.17, 15) is 4.79 Å². The van der Waals surface area contributed by atoms with Gasteiger partial charge < -0.3 is 19.5 Å². The van der Waals surface area contributed by atoms with Crippen molar-refractivity contribution in [3.05, 3.63) is 126 Å². The van der Waals surface area contributed by atoms with Crippen LogP contribution in [0.1, 0.15) is 28.6 Å². The molecule has 0 bridgehead atoms. The van der Waals surface area contributed by atoms with E-state index in [1.807, 2.05) is 114 Å². The first kappa shape index (κ1) is 22.7. The number of amides is 2. The van der Waals surface area contributed by atoms with Crippen LogP contribution < -0.4 is 10.1 Å². The number of nitrogens with zero attached hydrogens (tertiary/aromatic N) is 4. The number of hydrogen-bond acceptors (Lipinski definition) is 3. The quantitative estimate of drug-likeness (QED) is 0.331. The molecule has 0 spiro atoms. The molecule has 184 valence electrons. The Labute approximate surface area is 215 Å². The smallest absolute Gasteiger partial charge is 0.322 e. The molecular formula is C30H27N5O2. The fourth-order valence-electron chi connectivity index (χ4n) is 5.03. The summed E-state index contributed by atoms with van der Waals surface area (Å²) in [5.74, 6) is 1.68. The van der Waals surface area contributed by atoms with Gasteiger partial charge >= 0.3 is 6.03 Å². The summed E-state index contributed by atoms with van der Waals surface area (Å²) in [6.07, 6.45) is 2.04. The van der Waals surface area contributed by atoms with E-state index in [4.69, 9.17) is 9.84 Å². The molecule has 0 radical (unpaired) electrons. The molecule has 3 heterocycles. The van der Waals surface area contributed by atoms with E-state index in [0.717, 1.165) is 45.5 Å². The topological polar surface area (TPSA) is 64.3 Å². The van der Waals surface area contributed by atoms with E-state index in [1.165, 1.54) is 0 Å². The van der Waals surface area contributed by atoms with Crippen LogP contribution in [0.5, 0.6) is 5.75 Å². The van der Waals surface area contributed by atoms with Crippen molar-refractivity contribution < 1.29 is 9.53 Å². The SMILES string of the molecule is COc1cccc([C@@H]2c3cccn3-c3c(c(C)nn3-c3ccccc3)CN2C(=O)Nc2ccccc2)c1. The number of aryl methyl sites for hydroxylation is 1. The van der Waals surface area contributed by atoms with Crippen molar-refractivity contribution in [2.45, 2.75) is 19.5 Å². The lowest BCUT2D eigenvalue weighted by Gasteiger charge is -2.31. The summed E-state index contributed by atoms with van der Waals surface area (Å²) in [5.41, 5.74) is 5.51. The number of carbonyl (C=O) groups excluding carboxylic acids is 1. The van der Waals surface area contributed by atoms with Crippen LogP contribution in [-0.2, 0) is 6.54 Å². The molecule has 0 unspecified atom stereocenters. The maximum Gasteiger partial charge on any atom is 0.322 e. The molecule has 7 heteroatoms. The summed E-state index contributed by atoms with van der Waals surface area (Å²) < 4.78 is 9.66. The maximum absolute atomic E-state index is 13.9. The van der Waals surface area contributed by atoms with Gasteiger partial charge in [-0.1, -0.05) is 48.5 Å². The third-order valence-electron chi connectivity index (χ3n) is 6.78. The molecule has 37 heavy (non-hydrogen) atoms. The van der Waals surface area contributed by atoms with Gasteiger partial charge in [-0.2, -0.15) is 5.10 Å². The third-order valence-corrected chi connectivity index (χ3v) is 6.78. The highest BCUT2D eigenvalue weighted by Gasteiger charge is 2.36. The van der Waals surface area contributed by atoms with E-state index < -0.39 is 0 Å². The van der Waals surface area contributed by atoms with Gasteiger partial charge in [-0.3, -0.25) is 0 Å². The Morgan fingerprint density at radius 3 is 2.46 bits per heavy atom. The Kier molecular flexibility index (Phi) is 5.73. The number of methoxy groups -OCH3 is 1. The molecule has 0 saturated carbocycles. The van der Waals surface area contributed by atoms with Crippen LogP contribution in [0.3, 0.4) is 0 Å². The van der Waals surface area contributed by atoms with Crippen molar-refractivity contribution in [2.75, 3.05) is 12.4 Å². The highest BCUT2D eigenvalue weighted by Crippen LogP contribution is 2.39. The Balaban J connectivity index is 1.55. The number of rotatable bonds is 4.